The van der Waals surface area contributed by atoms with Crippen molar-refractivity contribution in [3.63, 3.8) is 0 Å². The van der Waals surface area contributed by atoms with Gasteiger partial charge in [-0.05, 0) is 22.9 Å². The number of aliphatic imine (C=N–C) groups is 1. The van der Waals surface area contributed by atoms with Gasteiger partial charge < -0.3 is 0 Å². The Morgan fingerprint density at radius 2 is 2.50 bits per heavy atom. The Kier molecular flexibility index (Phi) is 3.04. The third kappa shape index (κ3) is 3.89. The van der Waals surface area contributed by atoms with Crippen molar-refractivity contribution in [2.24, 2.45) is 4.99 Å². The molecular formula is C4H6BrN. The lowest BCUT2D eigenvalue weighted by molar-refractivity contribution is 1.60. The molecule has 0 aromatic rings. The van der Waals surface area contributed by atoms with E-state index in [0.717, 1.165) is 4.62 Å². The average molecular weight is 148 g/mol. The Labute approximate surface area is 45.9 Å². The summed E-state index contributed by atoms with van der Waals surface area (Å²) < 4.78 is 0.859. The maximum Gasteiger partial charge on any atom is 0.0798 e. The molecule has 0 fully saturated rings. The van der Waals surface area contributed by atoms with Gasteiger partial charge in [0.2, 0.25) is 0 Å². The molecule has 0 spiro atoms. The summed E-state index contributed by atoms with van der Waals surface area (Å²) in [5.74, 6) is 0. The molecule has 0 aromatic carbocycles. The zero-order valence-electron chi connectivity index (χ0n) is 3.61. The molecule has 6 heavy (non-hydrogen) atoms. The standard InChI is InChI=1S/C4H6BrN/c1-3-6-4(2)5/h3H,1H2,2H3. The van der Waals surface area contributed by atoms with Gasteiger partial charge in [-0.3, -0.25) is 4.99 Å². The molecule has 0 radical (unpaired) electrons. The molecule has 0 heterocycles. The molecule has 0 aliphatic rings. The Balaban J connectivity index is 3.41. The smallest absolute Gasteiger partial charge is 0.0798 e. The lowest BCUT2D eigenvalue weighted by atomic mass is 10.9. The van der Waals surface area contributed by atoms with E-state index < -0.39 is 0 Å². The first kappa shape index (κ1) is 5.89. The molecule has 1 nitrogen and oxygen atoms in total. The number of hydrogen-bond donors (Lipinski definition) is 0. The van der Waals surface area contributed by atoms with Crippen molar-refractivity contribution in [2.75, 3.05) is 0 Å². The molecule has 0 aliphatic carbocycles. The molecule has 0 saturated heterocycles. The van der Waals surface area contributed by atoms with Crippen LogP contribution in [0.5, 0.6) is 0 Å². The average Bonchev–Trinajstić information content (AvgIpc) is 1.35. The fourth-order valence-electron chi connectivity index (χ4n) is 0.126. The van der Waals surface area contributed by atoms with Crippen LogP contribution >= 0.6 is 15.9 Å². The van der Waals surface area contributed by atoms with Gasteiger partial charge in [-0.25, -0.2) is 0 Å². The zero-order chi connectivity index (χ0) is 4.99. The second-order valence-electron chi connectivity index (χ2n) is 0.809. The summed E-state index contributed by atoms with van der Waals surface area (Å²) in [6.07, 6.45) is 1.49. The minimum atomic E-state index is 0.859. The topological polar surface area (TPSA) is 12.4 Å². The van der Waals surface area contributed by atoms with Gasteiger partial charge in [-0.2, -0.15) is 0 Å². The summed E-state index contributed by atoms with van der Waals surface area (Å²) in [5.41, 5.74) is 0. The van der Waals surface area contributed by atoms with Crippen LogP contribution < -0.4 is 0 Å². The number of hydrogen-bond acceptors (Lipinski definition) is 1. The van der Waals surface area contributed by atoms with Crippen LogP contribution in [0.1, 0.15) is 6.92 Å². The van der Waals surface area contributed by atoms with E-state index >= 15 is 0 Å². The lowest BCUT2D eigenvalue weighted by Gasteiger charge is -1.73. The van der Waals surface area contributed by atoms with Gasteiger partial charge in [-0.15, -0.1) is 0 Å². The molecular weight excluding hydrogens is 142 g/mol. The van der Waals surface area contributed by atoms with E-state index in [1.807, 2.05) is 6.92 Å². The van der Waals surface area contributed by atoms with Crippen molar-refractivity contribution in [3.05, 3.63) is 12.8 Å². The van der Waals surface area contributed by atoms with Crippen LogP contribution in [0.15, 0.2) is 17.8 Å². The van der Waals surface area contributed by atoms with Crippen LogP contribution in [-0.4, -0.2) is 4.62 Å². The largest absolute Gasteiger partial charge is 0.255 e. The zero-order valence-corrected chi connectivity index (χ0v) is 5.20. The Hall–Kier alpha value is -0.110. The van der Waals surface area contributed by atoms with Crippen LogP contribution in [0.3, 0.4) is 0 Å². The molecule has 0 saturated carbocycles. The molecule has 0 aliphatic heterocycles. The van der Waals surface area contributed by atoms with Crippen molar-refractivity contribution in [1.82, 2.24) is 0 Å². The quantitative estimate of drug-likeness (QED) is 0.504. The predicted molar refractivity (Wildman–Crippen MR) is 32.2 cm³/mol. The minimum absolute atomic E-state index is 0.859. The Morgan fingerprint density at radius 3 is 2.50 bits per heavy atom. The van der Waals surface area contributed by atoms with Crippen molar-refractivity contribution in [1.29, 1.82) is 0 Å². The third-order valence-corrected chi connectivity index (χ3v) is 0.474. The SMILES string of the molecule is C=CN=C(C)Br. The highest BCUT2D eigenvalue weighted by Crippen LogP contribution is 1.85. The van der Waals surface area contributed by atoms with E-state index in [9.17, 15) is 0 Å². The highest BCUT2D eigenvalue weighted by atomic mass is 79.9. The van der Waals surface area contributed by atoms with E-state index in [0.29, 0.717) is 0 Å². The molecule has 0 bridgehead atoms. The van der Waals surface area contributed by atoms with E-state index in [4.69, 9.17) is 0 Å². The van der Waals surface area contributed by atoms with E-state index in [1.54, 1.807) is 0 Å². The number of rotatable bonds is 1. The van der Waals surface area contributed by atoms with Gasteiger partial charge in [0.1, 0.15) is 0 Å². The monoisotopic (exact) mass is 147 g/mol. The second kappa shape index (κ2) is 3.09. The highest BCUT2D eigenvalue weighted by Gasteiger charge is 1.68. The van der Waals surface area contributed by atoms with Gasteiger partial charge in [0, 0.05) is 6.20 Å². The molecule has 0 aromatic heterocycles. The van der Waals surface area contributed by atoms with Gasteiger partial charge in [0.25, 0.3) is 0 Å². The Bertz CT molecular complexity index is 71.6. The van der Waals surface area contributed by atoms with Crippen LogP contribution in [0, 0.1) is 0 Å². The van der Waals surface area contributed by atoms with E-state index in [2.05, 4.69) is 27.5 Å². The van der Waals surface area contributed by atoms with Gasteiger partial charge in [0.15, 0.2) is 0 Å². The van der Waals surface area contributed by atoms with Gasteiger partial charge in [-0.1, -0.05) is 6.58 Å². The van der Waals surface area contributed by atoms with Crippen molar-refractivity contribution in [2.45, 2.75) is 6.92 Å². The van der Waals surface area contributed by atoms with Crippen molar-refractivity contribution < 1.29 is 0 Å². The number of halogens is 1. The van der Waals surface area contributed by atoms with Crippen LogP contribution in [0.25, 0.3) is 0 Å². The highest BCUT2D eigenvalue weighted by molar-refractivity contribution is 9.18. The minimum Gasteiger partial charge on any atom is -0.255 e. The predicted octanol–water partition coefficient (Wildman–Crippen LogP) is 1.94. The molecule has 0 rings (SSSR count). The Morgan fingerprint density at radius 1 is 2.00 bits per heavy atom. The lowest BCUT2D eigenvalue weighted by Crippen LogP contribution is -1.65. The van der Waals surface area contributed by atoms with Crippen LogP contribution in [-0.2, 0) is 0 Å². The normalized spacial score (nSPS) is 11.3. The fourth-order valence-corrected chi connectivity index (χ4v) is 0.271. The maximum absolute atomic E-state index is 3.72. The van der Waals surface area contributed by atoms with E-state index in [1.165, 1.54) is 6.20 Å². The summed E-state index contributed by atoms with van der Waals surface area (Å²) in [6.45, 7) is 5.23. The number of nitrogens with zero attached hydrogens (tertiary/aromatic N) is 1. The first-order valence-corrected chi connectivity index (χ1v) is 2.37. The summed E-state index contributed by atoms with van der Waals surface area (Å²) in [6, 6.07) is 0. The van der Waals surface area contributed by atoms with Crippen molar-refractivity contribution in [3.8, 4) is 0 Å². The summed E-state index contributed by atoms with van der Waals surface area (Å²) in [7, 11) is 0. The summed E-state index contributed by atoms with van der Waals surface area (Å²) in [5, 5.41) is 0. The third-order valence-electron chi connectivity index (χ3n) is 0.269. The molecule has 0 atom stereocenters. The van der Waals surface area contributed by atoms with Crippen molar-refractivity contribution >= 4 is 20.6 Å². The first-order valence-electron chi connectivity index (χ1n) is 1.58. The second-order valence-corrected chi connectivity index (χ2v) is 1.96. The first-order chi connectivity index (χ1) is 2.77. The fraction of sp³-hybridized carbons (Fsp3) is 0.250. The van der Waals surface area contributed by atoms with Crippen LogP contribution in [0.2, 0.25) is 0 Å². The molecule has 0 unspecified atom stereocenters. The summed E-state index contributed by atoms with van der Waals surface area (Å²) in [4.78, 5) is 3.72. The van der Waals surface area contributed by atoms with Crippen LogP contribution in [0.4, 0.5) is 0 Å². The van der Waals surface area contributed by atoms with Gasteiger partial charge >= 0.3 is 0 Å². The van der Waals surface area contributed by atoms with E-state index in [-0.39, 0.29) is 0 Å². The van der Waals surface area contributed by atoms with Gasteiger partial charge in [0.05, 0.1) is 4.62 Å². The molecule has 0 amide bonds. The maximum atomic E-state index is 3.72. The molecule has 2 heteroatoms. The molecule has 0 N–H and O–H groups in total. The summed E-state index contributed by atoms with van der Waals surface area (Å²) >= 11 is 3.11. The molecule has 34 valence electrons.